The van der Waals surface area contributed by atoms with Crippen molar-refractivity contribution >= 4 is 33.6 Å². The molecule has 2 rings (SSSR count). The summed E-state index contributed by atoms with van der Waals surface area (Å²) < 4.78 is 0.761. The molecule has 0 bridgehead atoms. The van der Waals surface area contributed by atoms with Gasteiger partial charge in [-0.15, -0.1) is 0 Å². The Hall–Kier alpha value is -1.36. The van der Waals surface area contributed by atoms with E-state index >= 15 is 0 Å². The standard InChI is InChI=1S/C9H6BrNO3/c10-6-2-1-5-3-8(12)11(9(13)14)7(5)4-6/h1-2,4H,3H2,(H,13,14). The molecule has 0 fully saturated rings. The minimum absolute atomic E-state index is 0.162. The first kappa shape index (κ1) is 9.21. The Morgan fingerprint density at radius 2 is 2.21 bits per heavy atom. The molecule has 1 heterocycles. The van der Waals surface area contributed by atoms with Gasteiger partial charge in [-0.1, -0.05) is 22.0 Å². The summed E-state index contributed by atoms with van der Waals surface area (Å²) in [4.78, 5) is 22.9. The molecule has 14 heavy (non-hydrogen) atoms. The molecule has 0 radical (unpaired) electrons. The Labute approximate surface area is 88.3 Å². The highest BCUT2D eigenvalue weighted by Gasteiger charge is 2.32. The lowest BCUT2D eigenvalue weighted by molar-refractivity contribution is -0.116. The maximum absolute atomic E-state index is 11.3. The van der Waals surface area contributed by atoms with Gasteiger partial charge in [-0.3, -0.25) is 4.79 Å². The molecule has 1 aliphatic heterocycles. The molecule has 0 atom stereocenters. The van der Waals surface area contributed by atoms with Crippen molar-refractivity contribution in [3.05, 3.63) is 28.2 Å². The second-order valence-corrected chi connectivity index (χ2v) is 3.88. The van der Waals surface area contributed by atoms with E-state index in [0.29, 0.717) is 5.69 Å². The zero-order chi connectivity index (χ0) is 10.3. The first-order valence-electron chi connectivity index (χ1n) is 3.94. The number of imide groups is 1. The van der Waals surface area contributed by atoms with Crippen molar-refractivity contribution in [2.75, 3.05) is 4.90 Å². The third-order valence-corrected chi connectivity index (χ3v) is 2.56. The largest absolute Gasteiger partial charge is 0.464 e. The predicted molar refractivity (Wildman–Crippen MR) is 53.4 cm³/mol. The van der Waals surface area contributed by atoms with Crippen LogP contribution in [0.5, 0.6) is 0 Å². The number of rotatable bonds is 0. The summed E-state index contributed by atoms with van der Waals surface area (Å²) in [6, 6.07) is 5.17. The van der Waals surface area contributed by atoms with Crippen molar-refractivity contribution in [2.45, 2.75) is 6.42 Å². The molecular formula is C9H6BrNO3. The molecule has 72 valence electrons. The number of amides is 2. The fourth-order valence-electron chi connectivity index (χ4n) is 1.48. The Balaban J connectivity index is 2.55. The van der Waals surface area contributed by atoms with Crippen LogP contribution in [0.15, 0.2) is 22.7 Å². The van der Waals surface area contributed by atoms with Crippen LogP contribution < -0.4 is 4.90 Å². The van der Waals surface area contributed by atoms with Crippen LogP contribution in [0.25, 0.3) is 0 Å². The van der Waals surface area contributed by atoms with Gasteiger partial charge in [0.05, 0.1) is 12.1 Å². The fraction of sp³-hybridized carbons (Fsp3) is 0.111. The number of anilines is 1. The lowest BCUT2D eigenvalue weighted by Gasteiger charge is -2.10. The highest BCUT2D eigenvalue weighted by Crippen LogP contribution is 2.31. The maximum Gasteiger partial charge on any atom is 0.418 e. The first-order chi connectivity index (χ1) is 6.59. The molecular weight excluding hydrogens is 250 g/mol. The Morgan fingerprint density at radius 3 is 2.86 bits per heavy atom. The van der Waals surface area contributed by atoms with Crippen molar-refractivity contribution in [1.82, 2.24) is 0 Å². The van der Waals surface area contributed by atoms with Gasteiger partial charge in [0, 0.05) is 4.47 Å². The number of benzene rings is 1. The molecule has 0 saturated heterocycles. The average molecular weight is 256 g/mol. The minimum atomic E-state index is -1.23. The summed E-state index contributed by atoms with van der Waals surface area (Å²) in [7, 11) is 0. The summed E-state index contributed by atoms with van der Waals surface area (Å²) in [6.45, 7) is 0. The van der Waals surface area contributed by atoms with E-state index in [0.717, 1.165) is 14.9 Å². The number of carboxylic acid groups (broad SMARTS) is 1. The minimum Gasteiger partial charge on any atom is -0.464 e. The van der Waals surface area contributed by atoms with E-state index in [4.69, 9.17) is 5.11 Å². The summed E-state index contributed by atoms with van der Waals surface area (Å²) in [5.74, 6) is -0.398. The molecule has 1 aromatic rings. The van der Waals surface area contributed by atoms with Crippen molar-refractivity contribution < 1.29 is 14.7 Å². The summed E-state index contributed by atoms with van der Waals surface area (Å²) >= 11 is 3.23. The molecule has 0 spiro atoms. The number of carbonyl (C=O) groups excluding carboxylic acids is 1. The number of nitrogens with zero attached hydrogens (tertiary/aromatic N) is 1. The highest BCUT2D eigenvalue weighted by atomic mass is 79.9. The normalized spacial score (nSPS) is 14.4. The third kappa shape index (κ3) is 1.29. The lowest BCUT2D eigenvalue weighted by Crippen LogP contribution is -2.32. The van der Waals surface area contributed by atoms with Crippen LogP contribution in [0.2, 0.25) is 0 Å². The molecule has 1 N–H and O–H groups in total. The molecule has 0 unspecified atom stereocenters. The van der Waals surface area contributed by atoms with E-state index in [1.54, 1.807) is 18.2 Å². The van der Waals surface area contributed by atoms with Gasteiger partial charge in [-0.25, -0.2) is 9.69 Å². The predicted octanol–water partition coefficient (Wildman–Crippen LogP) is 2.02. The van der Waals surface area contributed by atoms with Crippen LogP contribution in [0.1, 0.15) is 5.56 Å². The van der Waals surface area contributed by atoms with Crippen molar-refractivity contribution in [3.8, 4) is 0 Å². The van der Waals surface area contributed by atoms with Crippen molar-refractivity contribution in [1.29, 1.82) is 0 Å². The summed E-state index contributed by atoms with van der Waals surface area (Å²) in [5, 5.41) is 8.81. The van der Waals surface area contributed by atoms with E-state index < -0.39 is 12.0 Å². The molecule has 0 aliphatic carbocycles. The SMILES string of the molecule is O=C(O)N1C(=O)Cc2ccc(Br)cc21. The highest BCUT2D eigenvalue weighted by molar-refractivity contribution is 9.10. The third-order valence-electron chi connectivity index (χ3n) is 2.07. The molecule has 0 aromatic heterocycles. The topological polar surface area (TPSA) is 57.6 Å². The Bertz CT molecular complexity index is 430. The molecule has 4 nitrogen and oxygen atoms in total. The van der Waals surface area contributed by atoms with Crippen LogP contribution >= 0.6 is 15.9 Å². The van der Waals surface area contributed by atoms with Gasteiger partial charge in [0.15, 0.2) is 0 Å². The van der Waals surface area contributed by atoms with E-state index in [9.17, 15) is 9.59 Å². The van der Waals surface area contributed by atoms with Crippen LogP contribution in [-0.2, 0) is 11.2 Å². The van der Waals surface area contributed by atoms with Gasteiger partial charge in [0.25, 0.3) is 0 Å². The van der Waals surface area contributed by atoms with E-state index in [1.165, 1.54) is 0 Å². The molecule has 5 heteroatoms. The van der Waals surface area contributed by atoms with Gasteiger partial charge in [-0.05, 0) is 17.7 Å². The van der Waals surface area contributed by atoms with Crippen LogP contribution in [0.4, 0.5) is 10.5 Å². The zero-order valence-electron chi connectivity index (χ0n) is 7.03. The van der Waals surface area contributed by atoms with Crippen LogP contribution in [0.3, 0.4) is 0 Å². The Morgan fingerprint density at radius 1 is 1.50 bits per heavy atom. The van der Waals surface area contributed by atoms with Gasteiger partial charge in [-0.2, -0.15) is 0 Å². The van der Waals surface area contributed by atoms with Gasteiger partial charge >= 0.3 is 6.09 Å². The second-order valence-electron chi connectivity index (χ2n) is 2.96. The van der Waals surface area contributed by atoms with Gasteiger partial charge < -0.3 is 5.11 Å². The number of hydrogen-bond acceptors (Lipinski definition) is 2. The van der Waals surface area contributed by atoms with Crippen molar-refractivity contribution in [2.24, 2.45) is 0 Å². The van der Waals surface area contributed by atoms with Gasteiger partial charge in [0.2, 0.25) is 5.91 Å². The number of carbonyl (C=O) groups is 2. The number of hydrogen-bond donors (Lipinski definition) is 1. The molecule has 1 aliphatic rings. The van der Waals surface area contributed by atoms with Crippen LogP contribution in [-0.4, -0.2) is 17.1 Å². The second kappa shape index (κ2) is 3.09. The summed E-state index contributed by atoms with van der Waals surface area (Å²) in [5.41, 5.74) is 1.21. The van der Waals surface area contributed by atoms with E-state index in [-0.39, 0.29) is 6.42 Å². The molecule has 0 saturated carbocycles. The smallest absolute Gasteiger partial charge is 0.418 e. The van der Waals surface area contributed by atoms with E-state index in [2.05, 4.69) is 15.9 Å². The monoisotopic (exact) mass is 255 g/mol. The maximum atomic E-state index is 11.3. The number of halogens is 1. The average Bonchev–Trinajstić information content (AvgIpc) is 2.40. The lowest BCUT2D eigenvalue weighted by atomic mass is 10.2. The van der Waals surface area contributed by atoms with Crippen molar-refractivity contribution in [3.63, 3.8) is 0 Å². The van der Waals surface area contributed by atoms with Crippen LogP contribution in [0, 0.1) is 0 Å². The van der Waals surface area contributed by atoms with Gasteiger partial charge in [0.1, 0.15) is 0 Å². The molecule has 2 amide bonds. The molecule has 1 aromatic carbocycles. The summed E-state index contributed by atoms with van der Waals surface area (Å²) in [6.07, 6.45) is -1.07. The Kier molecular flexibility index (Phi) is 2.03. The first-order valence-corrected chi connectivity index (χ1v) is 4.73. The fourth-order valence-corrected chi connectivity index (χ4v) is 1.83. The zero-order valence-corrected chi connectivity index (χ0v) is 8.61. The quantitative estimate of drug-likeness (QED) is 0.772. The number of fused-ring (bicyclic) bond motifs is 1. The van der Waals surface area contributed by atoms with E-state index in [1.807, 2.05) is 0 Å².